The molecule has 0 unspecified atom stereocenters. The summed E-state index contributed by atoms with van der Waals surface area (Å²) < 4.78 is 5.18. The van der Waals surface area contributed by atoms with Crippen molar-refractivity contribution in [2.75, 3.05) is 6.54 Å². The van der Waals surface area contributed by atoms with E-state index < -0.39 is 11.7 Å². The molecule has 1 saturated carbocycles. The predicted octanol–water partition coefficient (Wildman–Crippen LogP) is 1.43. The average Bonchev–Trinajstić information content (AvgIpc) is 2.71. The Morgan fingerprint density at radius 1 is 1.37 bits per heavy atom. The normalized spacial score (nSPS) is 22.4. The number of carbonyl (C=O) groups is 2. The summed E-state index contributed by atoms with van der Waals surface area (Å²) in [5.41, 5.74) is -0.508. The molecule has 0 aromatic carbocycles. The van der Waals surface area contributed by atoms with Crippen LogP contribution in [0, 0.1) is 18.3 Å². The minimum absolute atomic E-state index is 0.00330. The second kappa shape index (κ2) is 6.46. The lowest BCUT2D eigenvalue weighted by Gasteiger charge is -2.21. The predicted molar refractivity (Wildman–Crippen MR) is 72.3 cm³/mol. The molecule has 1 fully saturated rings. The van der Waals surface area contributed by atoms with Crippen LogP contribution >= 0.6 is 0 Å². The first-order valence-electron chi connectivity index (χ1n) is 6.52. The second-order valence-electron chi connectivity index (χ2n) is 5.78. The van der Waals surface area contributed by atoms with Gasteiger partial charge in [0.15, 0.2) is 0 Å². The molecule has 5 nitrogen and oxygen atoms in total. The Morgan fingerprint density at radius 2 is 2.05 bits per heavy atom. The van der Waals surface area contributed by atoms with E-state index >= 15 is 0 Å². The van der Waals surface area contributed by atoms with Crippen molar-refractivity contribution >= 4 is 12.0 Å². The summed E-state index contributed by atoms with van der Waals surface area (Å²) in [5.74, 6) is 2.26. The van der Waals surface area contributed by atoms with E-state index in [9.17, 15) is 9.59 Å². The summed E-state index contributed by atoms with van der Waals surface area (Å²) in [7, 11) is 0. The van der Waals surface area contributed by atoms with Crippen molar-refractivity contribution in [2.45, 2.75) is 51.7 Å². The molecule has 106 valence electrons. The zero-order valence-corrected chi connectivity index (χ0v) is 11.8. The third kappa shape index (κ3) is 5.64. The largest absolute Gasteiger partial charge is 0.444 e. The first-order chi connectivity index (χ1) is 8.81. The molecule has 2 atom stereocenters. The van der Waals surface area contributed by atoms with E-state index in [1.54, 1.807) is 0 Å². The molecule has 0 spiro atoms. The number of terminal acetylenes is 1. The Kier molecular flexibility index (Phi) is 5.22. The maximum absolute atomic E-state index is 11.7. The summed E-state index contributed by atoms with van der Waals surface area (Å²) in [6.45, 7) is 5.70. The highest BCUT2D eigenvalue weighted by Gasteiger charge is 2.31. The van der Waals surface area contributed by atoms with Gasteiger partial charge in [0.1, 0.15) is 5.60 Å². The Labute approximate surface area is 114 Å². The van der Waals surface area contributed by atoms with E-state index in [4.69, 9.17) is 11.2 Å². The van der Waals surface area contributed by atoms with Crippen LogP contribution in [0.25, 0.3) is 0 Å². The van der Waals surface area contributed by atoms with E-state index in [2.05, 4.69) is 16.6 Å². The standard InChI is InChI=1S/C14H22N2O3/c1-5-8-15-12(17)10-6-7-11(9-10)16-13(18)19-14(2,3)4/h1,10-11H,6-9H2,2-4H3,(H,15,17)(H,16,18)/t10-,11+/m1/s1. The van der Waals surface area contributed by atoms with E-state index in [1.807, 2.05) is 20.8 Å². The fourth-order valence-electron chi connectivity index (χ4n) is 2.11. The van der Waals surface area contributed by atoms with Gasteiger partial charge < -0.3 is 15.4 Å². The van der Waals surface area contributed by atoms with Crippen LogP contribution in [0.4, 0.5) is 4.79 Å². The Bertz CT molecular complexity index is 379. The Hall–Kier alpha value is -1.70. The summed E-state index contributed by atoms with van der Waals surface area (Å²) in [6.07, 6.45) is 6.84. The maximum Gasteiger partial charge on any atom is 0.407 e. The molecule has 19 heavy (non-hydrogen) atoms. The van der Waals surface area contributed by atoms with E-state index in [-0.39, 0.29) is 24.4 Å². The highest BCUT2D eigenvalue weighted by atomic mass is 16.6. The molecular formula is C14H22N2O3. The number of nitrogens with one attached hydrogen (secondary N) is 2. The van der Waals surface area contributed by atoms with Gasteiger partial charge in [-0.15, -0.1) is 6.42 Å². The fraction of sp³-hybridized carbons (Fsp3) is 0.714. The van der Waals surface area contributed by atoms with Crippen LogP contribution in [0.5, 0.6) is 0 Å². The molecule has 0 aliphatic heterocycles. The number of amides is 2. The van der Waals surface area contributed by atoms with Gasteiger partial charge in [-0.1, -0.05) is 5.92 Å². The molecule has 1 rings (SSSR count). The molecule has 2 amide bonds. The van der Waals surface area contributed by atoms with Crippen molar-refractivity contribution in [1.29, 1.82) is 0 Å². The topological polar surface area (TPSA) is 67.4 Å². The lowest BCUT2D eigenvalue weighted by molar-refractivity contribution is -0.124. The van der Waals surface area contributed by atoms with E-state index in [0.29, 0.717) is 6.42 Å². The van der Waals surface area contributed by atoms with Crippen molar-refractivity contribution in [1.82, 2.24) is 10.6 Å². The SMILES string of the molecule is C#CCNC(=O)[C@@H]1CC[C@H](NC(=O)OC(C)(C)C)C1. The monoisotopic (exact) mass is 266 g/mol. The van der Waals surface area contributed by atoms with Gasteiger partial charge in [0.25, 0.3) is 0 Å². The van der Waals surface area contributed by atoms with Gasteiger partial charge in [-0.2, -0.15) is 0 Å². The van der Waals surface area contributed by atoms with Crippen molar-refractivity contribution in [3.05, 3.63) is 0 Å². The van der Waals surface area contributed by atoms with Gasteiger partial charge >= 0.3 is 6.09 Å². The molecule has 1 aliphatic carbocycles. The van der Waals surface area contributed by atoms with Crippen molar-refractivity contribution in [3.8, 4) is 12.3 Å². The van der Waals surface area contributed by atoms with Gasteiger partial charge in [-0.25, -0.2) is 4.79 Å². The van der Waals surface area contributed by atoms with Crippen molar-refractivity contribution < 1.29 is 14.3 Å². The van der Waals surface area contributed by atoms with Crippen molar-refractivity contribution in [2.24, 2.45) is 5.92 Å². The molecule has 0 saturated heterocycles. The van der Waals surface area contributed by atoms with Crippen LogP contribution in [-0.2, 0) is 9.53 Å². The van der Waals surface area contributed by atoms with Crippen LogP contribution in [0.3, 0.4) is 0 Å². The highest BCUT2D eigenvalue weighted by Crippen LogP contribution is 2.26. The number of ether oxygens (including phenoxy) is 1. The van der Waals surface area contributed by atoms with Crippen LogP contribution < -0.4 is 10.6 Å². The third-order valence-electron chi connectivity index (χ3n) is 2.89. The Morgan fingerprint density at radius 3 is 2.63 bits per heavy atom. The number of alkyl carbamates (subject to hydrolysis) is 1. The summed E-state index contributed by atoms with van der Waals surface area (Å²) in [6, 6.07) is -0.00330. The minimum Gasteiger partial charge on any atom is -0.444 e. The zero-order valence-electron chi connectivity index (χ0n) is 11.8. The highest BCUT2D eigenvalue weighted by molar-refractivity contribution is 5.79. The molecule has 5 heteroatoms. The molecule has 0 radical (unpaired) electrons. The third-order valence-corrected chi connectivity index (χ3v) is 2.89. The first-order valence-corrected chi connectivity index (χ1v) is 6.52. The second-order valence-corrected chi connectivity index (χ2v) is 5.78. The van der Waals surface area contributed by atoms with Gasteiger partial charge in [0, 0.05) is 12.0 Å². The fourth-order valence-corrected chi connectivity index (χ4v) is 2.11. The number of hydrogen-bond donors (Lipinski definition) is 2. The molecule has 2 N–H and O–H groups in total. The van der Waals surface area contributed by atoms with E-state index in [0.717, 1.165) is 12.8 Å². The van der Waals surface area contributed by atoms with E-state index in [1.165, 1.54) is 0 Å². The van der Waals surface area contributed by atoms with Crippen molar-refractivity contribution in [3.63, 3.8) is 0 Å². The zero-order chi connectivity index (χ0) is 14.5. The number of carbonyl (C=O) groups excluding carboxylic acids is 2. The molecule has 1 aliphatic rings. The van der Waals surface area contributed by atoms with Crippen LogP contribution in [-0.4, -0.2) is 30.2 Å². The summed E-state index contributed by atoms with van der Waals surface area (Å²) >= 11 is 0. The summed E-state index contributed by atoms with van der Waals surface area (Å²) in [4.78, 5) is 23.3. The van der Waals surface area contributed by atoms with Gasteiger partial charge in [0.2, 0.25) is 5.91 Å². The number of hydrogen-bond acceptors (Lipinski definition) is 3. The maximum atomic E-state index is 11.7. The minimum atomic E-state index is -0.508. The van der Waals surface area contributed by atoms with Crippen LogP contribution in [0.15, 0.2) is 0 Å². The molecule has 0 aromatic heterocycles. The molecule has 0 aromatic rings. The van der Waals surface area contributed by atoms with Gasteiger partial charge in [-0.05, 0) is 40.0 Å². The van der Waals surface area contributed by atoms with Gasteiger partial charge in [0.05, 0.1) is 6.54 Å². The smallest absolute Gasteiger partial charge is 0.407 e. The molecule has 0 heterocycles. The van der Waals surface area contributed by atoms with Crippen LogP contribution in [0.1, 0.15) is 40.0 Å². The van der Waals surface area contributed by atoms with Gasteiger partial charge in [-0.3, -0.25) is 4.79 Å². The number of rotatable bonds is 3. The first kappa shape index (κ1) is 15.4. The lowest BCUT2D eigenvalue weighted by atomic mass is 10.1. The lowest BCUT2D eigenvalue weighted by Crippen LogP contribution is -2.38. The molecule has 0 bridgehead atoms. The Balaban J connectivity index is 2.34. The quantitative estimate of drug-likeness (QED) is 0.759. The molecular weight excluding hydrogens is 244 g/mol. The summed E-state index contributed by atoms with van der Waals surface area (Å²) in [5, 5.41) is 5.46. The van der Waals surface area contributed by atoms with Crippen LogP contribution in [0.2, 0.25) is 0 Å². The average molecular weight is 266 g/mol.